The van der Waals surface area contributed by atoms with Gasteiger partial charge in [0.2, 0.25) is 0 Å². The summed E-state index contributed by atoms with van der Waals surface area (Å²) in [6, 6.07) is 0. The fourth-order valence-corrected chi connectivity index (χ4v) is 1.76. The van der Waals surface area contributed by atoms with Gasteiger partial charge in [0.1, 0.15) is 24.4 Å². The molecule has 7 nitrogen and oxygen atoms in total. The fourth-order valence-electron chi connectivity index (χ4n) is 1.76. The molecule has 0 bridgehead atoms. The SMILES string of the molecule is CNCCO[C@@H]1OC(CO)[C@H](OC)[C@H](O)C1O. The van der Waals surface area contributed by atoms with Gasteiger partial charge in [0.25, 0.3) is 0 Å². The molecule has 5 atom stereocenters. The monoisotopic (exact) mass is 251 g/mol. The Morgan fingerprint density at radius 1 is 1.29 bits per heavy atom. The van der Waals surface area contributed by atoms with E-state index in [0.29, 0.717) is 13.2 Å². The third-order valence-electron chi connectivity index (χ3n) is 2.73. The number of rotatable bonds is 6. The van der Waals surface area contributed by atoms with Crippen LogP contribution < -0.4 is 5.32 Å². The first-order chi connectivity index (χ1) is 8.15. The number of ether oxygens (including phenoxy) is 3. The molecule has 102 valence electrons. The van der Waals surface area contributed by atoms with Crippen molar-refractivity contribution in [1.82, 2.24) is 5.32 Å². The number of methoxy groups -OCH3 is 1. The van der Waals surface area contributed by atoms with Crippen LogP contribution in [0.5, 0.6) is 0 Å². The smallest absolute Gasteiger partial charge is 0.186 e. The largest absolute Gasteiger partial charge is 0.394 e. The van der Waals surface area contributed by atoms with Crippen molar-refractivity contribution in [2.45, 2.75) is 30.7 Å². The zero-order valence-corrected chi connectivity index (χ0v) is 10.1. The Hall–Kier alpha value is -0.280. The van der Waals surface area contributed by atoms with E-state index in [9.17, 15) is 10.2 Å². The summed E-state index contributed by atoms with van der Waals surface area (Å²) >= 11 is 0. The van der Waals surface area contributed by atoms with E-state index in [4.69, 9.17) is 19.3 Å². The maximum atomic E-state index is 9.80. The van der Waals surface area contributed by atoms with Crippen LogP contribution in [-0.2, 0) is 14.2 Å². The van der Waals surface area contributed by atoms with E-state index in [-0.39, 0.29) is 6.61 Å². The molecule has 0 saturated carbocycles. The molecule has 0 amide bonds. The van der Waals surface area contributed by atoms with Gasteiger partial charge in [0.05, 0.1) is 13.2 Å². The van der Waals surface area contributed by atoms with E-state index in [1.54, 1.807) is 7.05 Å². The highest BCUT2D eigenvalue weighted by molar-refractivity contribution is 4.89. The summed E-state index contributed by atoms with van der Waals surface area (Å²) in [4.78, 5) is 0. The third-order valence-corrected chi connectivity index (χ3v) is 2.73. The molecule has 1 heterocycles. The van der Waals surface area contributed by atoms with Crippen molar-refractivity contribution < 1.29 is 29.5 Å². The quantitative estimate of drug-likeness (QED) is 0.393. The van der Waals surface area contributed by atoms with E-state index >= 15 is 0 Å². The molecule has 0 spiro atoms. The highest BCUT2D eigenvalue weighted by atomic mass is 16.7. The molecule has 1 aliphatic heterocycles. The predicted molar refractivity (Wildman–Crippen MR) is 58.4 cm³/mol. The van der Waals surface area contributed by atoms with Crippen LogP contribution in [0.15, 0.2) is 0 Å². The number of hydrogen-bond donors (Lipinski definition) is 4. The van der Waals surface area contributed by atoms with Crippen molar-refractivity contribution >= 4 is 0 Å². The molecule has 0 aromatic heterocycles. The van der Waals surface area contributed by atoms with Gasteiger partial charge >= 0.3 is 0 Å². The van der Waals surface area contributed by atoms with Crippen LogP contribution in [0.4, 0.5) is 0 Å². The van der Waals surface area contributed by atoms with Gasteiger partial charge in [-0.25, -0.2) is 0 Å². The molecule has 7 heteroatoms. The van der Waals surface area contributed by atoms with Gasteiger partial charge in [-0.1, -0.05) is 0 Å². The Bertz CT molecular complexity index is 215. The van der Waals surface area contributed by atoms with Gasteiger partial charge in [0, 0.05) is 13.7 Å². The van der Waals surface area contributed by atoms with Gasteiger partial charge in [0.15, 0.2) is 6.29 Å². The third kappa shape index (κ3) is 3.59. The van der Waals surface area contributed by atoms with Gasteiger partial charge in [-0.15, -0.1) is 0 Å². The second kappa shape index (κ2) is 7.22. The van der Waals surface area contributed by atoms with Gasteiger partial charge < -0.3 is 34.8 Å². The molecular weight excluding hydrogens is 230 g/mol. The number of aliphatic hydroxyl groups is 3. The highest BCUT2D eigenvalue weighted by Gasteiger charge is 2.44. The molecule has 0 aromatic rings. The molecule has 1 rings (SSSR count). The number of aliphatic hydroxyl groups excluding tert-OH is 3. The molecule has 1 aliphatic rings. The average molecular weight is 251 g/mol. The molecule has 0 radical (unpaired) electrons. The Kier molecular flexibility index (Phi) is 6.28. The lowest BCUT2D eigenvalue weighted by atomic mass is 9.99. The molecule has 2 unspecified atom stereocenters. The van der Waals surface area contributed by atoms with E-state index in [2.05, 4.69) is 5.32 Å². The van der Waals surface area contributed by atoms with E-state index in [0.717, 1.165) is 0 Å². The first kappa shape index (κ1) is 14.8. The number of hydrogen-bond acceptors (Lipinski definition) is 7. The summed E-state index contributed by atoms with van der Waals surface area (Å²) in [5.41, 5.74) is 0. The Balaban J connectivity index is 2.56. The topological polar surface area (TPSA) is 100 Å². The first-order valence-corrected chi connectivity index (χ1v) is 5.57. The lowest BCUT2D eigenvalue weighted by molar-refractivity contribution is -0.303. The van der Waals surface area contributed by atoms with Crippen molar-refractivity contribution in [2.75, 3.05) is 33.9 Å². The minimum Gasteiger partial charge on any atom is -0.394 e. The molecule has 0 aliphatic carbocycles. The summed E-state index contributed by atoms with van der Waals surface area (Å²) in [5, 5.41) is 31.6. The van der Waals surface area contributed by atoms with Gasteiger partial charge in [-0.3, -0.25) is 0 Å². The second-order valence-electron chi connectivity index (χ2n) is 3.88. The summed E-state index contributed by atoms with van der Waals surface area (Å²) in [6.07, 6.45) is -4.77. The molecule has 17 heavy (non-hydrogen) atoms. The van der Waals surface area contributed by atoms with Crippen molar-refractivity contribution in [3.8, 4) is 0 Å². The van der Waals surface area contributed by atoms with Crippen molar-refractivity contribution in [3.63, 3.8) is 0 Å². The van der Waals surface area contributed by atoms with Crippen LogP contribution >= 0.6 is 0 Å². The Morgan fingerprint density at radius 2 is 2.00 bits per heavy atom. The first-order valence-electron chi connectivity index (χ1n) is 5.57. The van der Waals surface area contributed by atoms with Crippen LogP contribution in [0.25, 0.3) is 0 Å². The maximum absolute atomic E-state index is 9.80. The summed E-state index contributed by atoms with van der Waals surface area (Å²) in [5.74, 6) is 0. The van der Waals surface area contributed by atoms with Crippen LogP contribution in [0.3, 0.4) is 0 Å². The van der Waals surface area contributed by atoms with Crippen LogP contribution in [0.2, 0.25) is 0 Å². The lowest BCUT2D eigenvalue weighted by Gasteiger charge is -2.41. The van der Waals surface area contributed by atoms with E-state index in [1.165, 1.54) is 7.11 Å². The van der Waals surface area contributed by atoms with Gasteiger partial charge in [-0.05, 0) is 7.05 Å². The summed E-state index contributed by atoms with van der Waals surface area (Å²) < 4.78 is 15.6. The van der Waals surface area contributed by atoms with Crippen molar-refractivity contribution in [2.24, 2.45) is 0 Å². The Labute approximate surface area is 100 Å². The van der Waals surface area contributed by atoms with E-state index < -0.39 is 30.7 Å². The zero-order valence-electron chi connectivity index (χ0n) is 10.1. The number of likely N-dealkylation sites (N-methyl/N-ethyl adjacent to an activating group) is 1. The minimum atomic E-state index is -1.19. The second-order valence-corrected chi connectivity index (χ2v) is 3.88. The van der Waals surface area contributed by atoms with Crippen molar-refractivity contribution in [3.05, 3.63) is 0 Å². The van der Waals surface area contributed by atoms with Crippen LogP contribution in [0.1, 0.15) is 0 Å². The summed E-state index contributed by atoms with van der Waals surface area (Å²) in [6.45, 7) is 0.620. The zero-order chi connectivity index (χ0) is 12.8. The minimum absolute atomic E-state index is 0.311. The fraction of sp³-hybridized carbons (Fsp3) is 1.00. The van der Waals surface area contributed by atoms with Crippen LogP contribution in [0, 0.1) is 0 Å². The van der Waals surface area contributed by atoms with Crippen LogP contribution in [-0.4, -0.2) is 79.9 Å². The predicted octanol–water partition coefficient (Wildman–Crippen LogP) is -2.32. The molecule has 1 fully saturated rings. The molecular formula is C10H21NO6. The number of nitrogens with one attached hydrogen (secondary N) is 1. The highest BCUT2D eigenvalue weighted by Crippen LogP contribution is 2.23. The summed E-state index contributed by atoms with van der Waals surface area (Å²) in [7, 11) is 3.16. The molecule has 1 saturated heterocycles. The Morgan fingerprint density at radius 3 is 2.53 bits per heavy atom. The van der Waals surface area contributed by atoms with Gasteiger partial charge in [-0.2, -0.15) is 0 Å². The lowest BCUT2D eigenvalue weighted by Crippen LogP contribution is -2.60. The van der Waals surface area contributed by atoms with Crippen molar-refractivity contribution in [1.29, 1.82) is 0 Å². The average Bonchev–Trinajstić information content (AvgIpc) is 2.34. The molecule has 0 aromatic carbocycles. The maximum Gasteiger partial charge on any atom is 0.186 e. The standard InChI is InChI=1S/C10H21NO6/c1-11-3-4-16-10-8(14)7(13)9(15-2)6(5-12)17-10/h6-14H,3-5H2,1-2H3/t6?,7-,8?,9+,10-/m1/s1. The van der Waals surface area contributed by atoms with E-state index in [1.807, 2.05) is 0 Å². The normalized spacial score (nSPS) is 38.3. The molecule has 4 N–H and O–H groups in total.